The van der Waals surface area contributed by atoms with E-state index in [4.69, 9.17) is 9.97 Å². The highest BCUT2D eigenvalue weighted by atomic mass is 32.1. The van der Waals surface area contributed by atoms with Crippen molar-refractivity contribution in [2.75, 3.05) is 11.4 Å². The molecule has 5 rings (SSSR count). The summed E-state index contributed by atoms with van der Waals surface area (Å²) in [6.45, 7) is 6.70. The van der Waals surface area contributed by atoms with Gasteiger partial charge in [0.05, 0.1) is 16.0 Å². The lowest BCUT2D eigenvalue weighted by atomic mass is 10.2. The van der Waals surface area contributed by atoms with Crippen LogP contribution in [-0.4, -0.2) is 27.0 Å². The summed E-state index contributed by atoms with van der Waals surface area (Å²) in [6.07, 6.45) is 5.62. The number of rotatable bonds is 5. The lowest BCUT2D eigenvalue weighted by molar-refractivity contribution is 0.0993. The Labute approximate surface area is 199 Å². The minimum atomic E-state index is -0.177. The van der Waals surface area contributed by atoms with E-state index in [0.717, 1.165) is 42.8 Å². The molecule has 0 fully saturated rings. The van der Waals surface area contributed by atoms with E-state index in [1.807, 2.05) is 42.6 Å². The quantitative estimate of drug-likeness (QED) is 0.359. The van der Waals surface area contributed by atoms with Crippen LogP contribution in [0.5, 0.6) is 0 Å². The molecule has 6 nitrogen and oxygen atoms in total. The van der Waals surface area contributed by atoms with Crippen LogP contribution in [0.1, 0.15) is 40.3 Å². The van der Waals surface area contributed by atoms with Crippen LogP contribution >= 0.6 is 22.7 Å². The number of hydrogen-bond acceptors (Lipinski definition) is 6. The minimum absolute atomic E-state index is 0.0272. The smallest absolute Gasteiger partial charge is 0.270 e. The number of carbonyl (C=O) groups excluding carboxylic acids is 1. The number of benzene rings is 1. The summed E-state index contributed by atoms with van der Waals surface area (Å²) < 4.78 is 1.80. The monoisotopic (exact) mass is 476 g/mol. The van der Waals surface area contributed by atoms with Crippen molar-refractivity contribution in [3.05, 3.63) is 75.0 Å². The van der Waals surface area contributed by atoms with E-state index in [2.05, 4.69) is 6.58 Å². The molecule has 1 aromatic carbocycles. The van der Waals surface area contributed by atoms with Crippen molar-refractivity contribution in [2.24, 2.45) is 0 Å². The highest BCUT2D eigenvalue weighted by Crippen LogP contribution is 2.33. The third-order valence-corrected chi connectivity index (χ3v) is 7.99. The first-order valence-corrected chi connectivity index (χ1v) is 12.7. The largest absolute Gasteiger partial charge is 0.296 e. The second kappa shape index (κ2) is 9.03. The predicted octanol–water partition coefficient (Wildman–Crippen LogP) is 5.45. The lowest BCUT2D eigenvalue weighted by Gasteiger charge is -2.17. The summed E-state index contributed by atoms with van der Waals surface area (Å²) >= 11 is 2.73. The second-order valence-corrected chi connectivity index (χ2v) is 9.95. The van der Waals surface area contributed by atoms with E-state index in [0.29, 0.717) is 38.9 Å². The van der Waals surface area contributed by atoms with Crippen LogP contribution in [-0.2, 0) is 13.0 Å². The van der Waals surface area contributed by atoms with E-state index in [-0.39, 0.29) is 11.5 Å². The Balaban J connectivity index is 1.56. The number of carbonyl (C=O) groups is 1. The first kappa shape index (κ1) is 21.7. The number of thiophene rings is 1. The van der Waals surface area contributed by atoms with Crippen LogP contribution in [0, 0.1) is 6.92 Å². The zero-order valence-corrected chi connectivity index (χ0v) is 20.0. The molecule has 4 heterocycles. The summed E-state index contributed by atoms with van der Waals surface area (Å²) in [7, 11) is 0. The molecule has 1 amide bonds. The molecular formula is C25H24N4O2S2. The molecule has 33 heavy (non-hydrogen) atoms. The summed E-state index contributed by atoms with van der Waals surface area (Å²) in [6, 6.07) is 9.89. The molecule has 168 valence electrons. The second-order valence-electron chi connectivity index (χ2n) is 8.12. The zero-order chi connectivity index (χ0) is 22.9. The molecule has 0 spiro atoms. The Morgan fingerprint density at radius 1 is 1.21 bits per heavy atom. The van der Waals surface area contributed by atoms with Crippen molar-refractivity contribution in [2.45, 2.75) is 39.2 Å². The van der Waals surface area contributed by atoms with E-state index in [1.54, 1.807) is 15.5 Å². The van der Waals surface area contributed by atoms with Gasteiger partial charge in [0.25, 0.3) is 11.5 Å². The van der Waals surface area contributed by atoms with Crippen LogP contribution in [0.2, 0.25) is 0 Å². The van der Waals surface area contributed by atoms with Crippen molar-refractivity contribution in [1.29, 1.82) is 0 Å². The number of thiazole rings is 1. The van der Waals surface area contributed by atoms with Crippen LogP contribution in [0.25, 0.3) is 21.5 Å². The number of nitrogens with zero attached hydrogens (tertiary/aromatic N) is 4. The number of hydrogen-bond donors (Lipinski definition) is 0. The average molecular weight is 477 g/mol. The minimum Gasteiger partial charge on any atom is -0.296 e. The normalized spacial score (nSPS) is 13.5. The third kappa shape index (κ3) is 3.94. The van der Waals surface area contributed by atoms with E-state index >= 15 is 0 Å². The van der Waals surface area contributed by atoms with Gasteiger partial charge in [0, 0.05) is 30.5 Å². The van der Waals surface area contributed by atoms with Crippen LogP contribution in [0.15, 0.2) is 53.2 Å². The molecule has 3 aromatic heterocycles. The number of aryl methyl sites for hydroxylation is 2. The molecule has 1 aliphatic rings. The molecule has 0 saturated carbocycles. The lowest BCUT2D eigenvalue weighted by Crippen LogP contribution is -2.31. The van der Waals surface area contributed by atoms with Gasteiger partial charge in [-0.3, -0.25) is 19.1 Å². The Morgan fingerprint density at radius 3 is 2.82 bits per heavy atom. The standard InChI is InChI=1S/C25H24N4O2S2/c1-3-13-29(25-26-18(15-32-25)17-10-6-4-7-11-17)24(31)21-16(2)20-22(33-21)27-19-12-8-5-9-14-28(19)23(20)30/h3-4,6-7,10-11,15H,1,5,8-9,12-14H2,2H3. The molecule has 0 saturated heterocycles. The van der Waals surface area contributed by atoms with E-state index in [1.165, 1.54) is 22.7 Å². The van der Waals surface area contributed by atoms with Gasteiger partial charge >= 0.3 is 0 Å². The van der Waals surface area contributed by atoms with E-state index < -0.39 is 0 Å². The maximum atomic E-state index is 13.7. The van der Waals surface area contributed by atoms with E-state index in [9.17, 15) is 9.59 Å². The summed E-state index contributed by atoms with van der Waals surface area (Å²) in [5.74, 6) is 0.657. The molecule has 0 unspecified atom stereocenters. The molecule has 0 atom stereocenters. The Kier molecular flexibility index (Phi) is 5.95. The summed E-state index contributed by atoms with van der Waals surface area (Å²) in [5, 5.41) is 3.13. The van der Waals surface area contributed by atoms with Gasteiger partial charge in [0.15, 0.2) is 5.13 Å². The SMILES string of the molecule is C=CCN(C(=O)c1sc2nc3n(c(=O)c2c1C)CCCCC3)c1nc(-c2ccccc2)cs1. The molecule has 0 bridgehead atoms. The summed E-state index contributed by atoms with van der Waals surface area (Å²) in [5.41, 5.74) is 2.50. The fourth-order valence-electron chi connectivity index (χ4n) is 4.24. The number of amides is 1. The Morgan fingerprint density at radius 2 is 2.03 bits per heavy atom. The third-order valence-electron chi connectivity index (χ3n) is 5.96. The van der Waals surface area contributed by atoms with Crippen molar-refractivity contribution in [3.8, 4) is 11.3 Å². The Bertz CT molecular complexity index is 1400. The zero-order valence-electron chi connectivity index (χ0n) is 18.4. The summed E-state index contributed by atoms with van der Waals surface area (Å²) in [4.78, 5) is 39.3. The molecule has 0 aliphatic carbocycles. The molecule has 1 aliphatic heterocycles. The van der Waals surface area contributed by atoms with Gasteiger partial charge in [-0.15, -0.1) is 29.3 Å². The van der Waals surface area contributed by atoms with Gasteiger partial charge in [0.1, 0.15) is 10.7 Å². The van der Waals surface area contributed by atoms with Gasteiger partial charge in [0.2, 0.25) is 0 Å². The first-order chi connectivity index (χ1) is 16.1. The fourth-order valence-corrected chi connectivity index (χ4v) is 6.22. The van der Waals surface area contributed by atoms with Gasteiger partial charge < -0.3 is 0 Å². The maximum absolute atomic E-state index is 13.7. The van der Waals surface area contributed by atoms with Gasteiger partial charge in [-0.05, 0) is 25.3 Å². The first-order valence-electron chi connectivity index (χ1n) is 11.0. The molecule has 4 aromatic rings. The molecular weight excluding hydrogens is 452 g/mol. The van der Waals surface area contributed by atoms with Crippen molar-refractivity contribution < 1.29 is 4.79 Å². The molecule has 0 N–H and O–H groups in total. The highest BCUT2D eigenvalue weighted by Gasteiger charge is 2.27. The van der Waals surface area contributed by atoms with Gasteiger partial charge in [-0.1, -0.05) is 42.8 Å². The van der Waals surface area contributed by atoms with Crippen molar-refractivity contribution >= 4 is 43.9 Å². The van der Waals surface area contributed by atoms with Crippen LogP contribution in [0.4, 0.5) is 5.13 Å². The maximum Gasteiger partial charge on any atom is 0.270 e. The van der Waals surface area contributed by atoms with Crippen LogP contribution in [0.3, 0.4) is 0 Å². The number of fused-ring (bicyclic) bond motifs is 2. The average Bonchev–Trinajstić information content (AvgIpc) is 3.36. The van der Waals surface area contributed by atoms with Gasteiger partial charge in [-0.2, -0.15) is 0 Å². The molecule has 8 heteroatoms. The van der Waals surface area contributed by atoms with Crippen LogP contribution < -0.4 is 10.5 Å². The number of aromatic nitrogens is 3. The molecule has 0 radical (unpaired) electrons. The predicted molar refractivity (Wildman–Crippen MR) is 136 cm³/mol. The fraction of sp³-hybridized carbons (Fsp3) is 0.280. The number of anilines is 1. The highest BCUT2D eigenvalue weighted by molar-refractivity contribution is 7.21. The van der Waals surface area contributed by atoms with Crippen molar-refractivity contribution in [3.63, 3.8) is 0 Å². The Hall–Kier alpha value is -3.10. The topological polar surface area (TPSA) is 68.1 Å². The van der Waals surface area contributed by atoms with Crippen molar-refractivity contribution in [1.82, 2.24) is 14.5 Å². The van der Waals surface area contributed by atoms with Gasteiger partial charge in [-0.25, -0.2) is 9.97 Å².